The van der Waals surface area contributed by atoms with Crippen molar-refractivity contribution in [1.82, 2.24) is 19.9 Å². The van der Waals surface area contributed by atoms with Crippen molar-refractivity contribution < 1.29 is 13.2 Å². The third-order valence-corrected chi connectivity index (χ3v) is 8.26. The fourth-order valence-corrected chi connectivity index (χ4v) is 6.14. The van der Waals surface area contributed by atoms with Gasteiger partial charge in [0.15, 0.2) is 0 Å². The number of carbonyl (C=O) groups excluding carboxylic acids is 1. The molecule has 0 unspecified atom stereocenters. The summed E-state index contributed by atoms with van der Waals surface area (Å²) in [4.78, 5) is 19.5. The zero-order valence-corrected chi connectivity index (χ0v) is 21.6. The number of nitrogens with zero attached hydrogens (tertiary/aromatic N) is 2. The van der Waals surface area contributed by atoms with E-state index in [0.717, 1.165) is 59.0 Å². The Balaban J connectivity index is 1.08. The number of aryl methyl sites for hydroxylation is 1. The summed E-state index contributed by atoms with van der Waals surface area (Å²) in [7, 11) is -3.58. The van der Waals surface area contributed by atoms with Gasteiger partial charge in [0.05, 0.1) is 16.1 Å². The number of rotatable bonds is 7. The molecular weight excluding hydrogens is 486 g/mol. The molecule has 3 N–H and O–H groups in total. The zero-order chi connectivity index (χ0) is 25.8. The van der Waals surface area contributed by atoms with Crippen LogP contribution in [0.1, 0.15) is 18.5 Å². The number of aromatic nitrogens is 1. The lowest BCUT2D eigenvalue weighted by Crippen LogP contribution is -2.46. The predicted molar refractivity (Wildman–Crippen MR) is 147 cm³/mol. The molecule has 0 bridgehead atoms. The van der Waals surface area contributed by atoms with E-state index in [0.29, 0.717) is 18.0 Å². The van der Waals surface area contributed by atoms with Crippen LogP contribution in [0.25, 0.3) is 21.7 Å². The van der Waals surface area contributed by atoms with Crippen LogP contribution in [0.3, 0.4) is 0 Å². The van der Waals surface area contributed by atoms with Crippen LogP contribution in [-0.2, 0) is 10.0 Å². The standard InChI is InChI=1S/C28H31N5O3S/c1-20-18-27(25-8-4-5-9-26(25)30-20)31-28(34)29-14-17-33-15-12-23(13-16-33)32-37(35,36)24-11-10-21-6-2-3-7-22(21)19-24/h2-11,18-19,23,32H,12-17H2,1H3,(H2,29,30,31,34). The number of anilines is 1. The number of hydrogen-bond donors (Lipinski definition) is 3. The summed E-state index contributed by atoms with van der Waals surface area (Å²) in [5, 5.41) is 8.68. The Labute approximate surface area is 217 Å². The van der Waals surface area contributed by atoms with Gasteiger partial charge in [0.25, 0.3) is 0 Å². The summed E-state index contributed by atoms with van der Waals surface area (Å²) < 4.78 is 28.8. The second-order valence-corrected chi connectivity index (χ2v) is 11.2. The fourth-order valence-electron chi connectivity index (χ4n) is 4.80. The molecule has 1 aliphatic heterocycles. The second-order valence-electron chi connectivity index (χ2n) is 9.46. The molecule has 5 rings (SSSR count). The van der Waals surface area contributed by atoms with E-state index < -0.39 is 10.0 Å². The van der Waals surface area contributed by atoms with Crippen LogP contribution in [0, 0.1) is 6.92 Å². The highest BCUT2D eigenvalue weighted by Gasteiger charge is 2.24. The average molecular weight is 518 g/mol. The quantitative estimate of drug-likeness (QED) is 0.340. The Kier molecular flexibility index (Phi) is 7.36. The molecule has 0 aliphatic carbocycles. The van der Waals surface area contributed by atoms with Crippen molar-refractivity contribution in [2.24, 2.45) is 0 Å². The molecule has 1 saturated heterocycles. The van der Waals surface area contributed by atoms with Crippen LogP contribution in [-0.4, -0.2) is 56.6 Å². The molecule has 2 amide bonds. The highest BCUT2D eigenvalue weighted by Crippen LogP contribution is 2.23. The Morgan fingerprint density at radius 1 is 0.973 bits per heavy atom. The number of sulfonamides is 1. The predicted octanol–water partition coefficient (Wildman–Crippen LogP) is 4.26. The highest BCUT2D eigenvalue weighted by molar-refractivity contribution is 7.89. The van der Waals surface area contributed by atoms with Crippen LogP contribution >= 0.6 is 0 Å². The summed E-state index contributed by atoms with van der Waals surface area (Å²) in [6.07, 6.45) is 1.45. The van der Waals surface area contributed by atoms with Crippen LogP contribution in [0.15, 0.2) is 77.7 Å². The molecule has 37 heavy (non-hydrogen) atoms. The van der Waals surface area contributed by atoms with Gasteiger partial charge in [0.1, 0.15) is 0 Å². The maximum atomic E-state index is 12.9. The maximum absolute atomic E-state index is 12.9. The molecule has 0 atom stereocenters. The SMILES string of the molecule is Cc1cc(NC(=O)NCCN2CCC(NS(=O)(=O)c3ccc4ccccc4c3)CC2)c2ccccc2n1. The lowest BCUT2D eigenvalue weighted by atomic mass is 10.1. The molecule has 1 aliphatic rings. The topological polar surface area (TPSA) is 103 Å². The van der Waals surface area contributed by atoms with E-state index in [-0.39, 0.29) is 12.1 Å². The molecule has 0 spiro atoms. The number of fused-ring (bicyclic) bond motifs is 2. The summed E-state index contributed by atoms with van der Waals surface area (Å²) in [5.74, 6) is 0. The lowest BCUT2D eigenvalue weighted by molar-refractivity contribution is 0.206. The third-order valence-electron chi connectivity index (χ3n) is 6.75. The van der Waals surface area contributed by atoms with Crippen molar-refractivity contribution in [1.29, 1.82) is 0 Å². The van der Waals surface area contributed by atoms with Gasteiger partial charge < -0.3 is 15.5 Å². The lowest BCUT2D eigenvalue weighted by Gasteiger charge is -2.32. The van der Waals surface area contributed by atoms with Crippen LogP contribution < -0.4 is 15.4 Å². The number of pyridine rings is 1. The van der Waals surface area contributed by atoms with Crippen molar-refractivity contribution in [3.05, 3.63) is 78.5 Å². The van der Waals surface area contributed by atoms with Crippen LogP contribution in [0.2, 0.25) is 0 Å². The zero-order valence-electron chi connectivity index (χ0n) is 20.8. The molecule has 4 aromatic rings. The van der Waals surface area contributed by atoms with Gasteiger partial charge >= 0.3 is 6.03 Å². The highest BCUT2D eigenvalue weighted by atomic mass is 32.2. The largest absolute Gasteiger partial charge is 0.337 e. The summed E-state index contributed by atoms with van der Waals surface area (Å²) in [6.45, 7) is 4.64. The van der Waals surface area contributed by atoms with E-state index >= 15 is 0 Å². The normalized spacial score (nSPS) is 15.2. The minimum Gasteiger partial charge on any atom is -0.337 e. The van der Waals surface area contributed by atoms with E-state index in [2.05, 4.69) is 25.2 Å². The summed E-state index contributed by atoms with van der Waals surface area (Å²) >= 11 is 0. The molecule has 1 fully saturated rings. The number of amides is 2. The van der Waals surface area contributed by atoms with Gasteiger partial charge in [-0.1, -0.05) is 48.5 Å². The minimum atomic E-state index is -3.58. The molecule has 192 valence electrons. The van der Waals surface area contributed by atoms with Crippen LogP contribution in [0.4, 0.5) is 10.5 Å². The molecule has 9 heteroatoms. The van der Waals surface area contributed by atoms with Crippen molar-refractivity contribution in [2.45, 2.75) is 30.7 Å². The monoisotopic (exact) mass is 517 g/mol. The van der Waals surface area contributed by atoms with Gasteiger partial charge in [-0.05, 0) is 67.9 Å². The first kappa shape index (κ1) is 25.1. The fraction of sp³-hybridized carbons (Fsp3) is 0.286. The van der Waals surface area contributed by atoms with E-state index in [1.54, 1.807) is 12.1 Å². The average Bonchev–Trinajstić information content (AvgIpc) is 2.89. The van der Waals surface area contributed by atoms with Crippen molar-refractivity contribution >= 4 is 43.4 Å². The number of carbonyl (C=O) groups is 1. The first-order valence-corrected chi connectivity index (χ1v) is 14.0. The Hall–Kier alpha value is -3.53. The first-order valence-electron chi connectivity index (χ1n) is 12.5. The number of para-hydroxylation sites is 1. The maximum Gasteiger partial charge on any atom is 0.319 e. The molecule has 3 aromatic carbocycles. The van der Waals surface area contributed by atoms with E-state index in [1.807, 2.05) is 67.6 Å². The molecule has 0 radical (unpaired) electrons. The molecular formula is C28H31N5O3S. The van der Waals surface area contributed by atoms with E-state index in [9.17, 15) is 13.2 Å². The van der Waals surface area contributed by atoms with Gasteiger partial charge in [-0.15, -0.1) is 0 Å². The smallest absolute Gasteiger partial charge is 0.319 e. The summed E-state index contributed by atoms with van der Waals surface area (Å²) in [6, 6.07) is 22.2. The van der Waals surface area contributed by atoms with Crippen LogP contribution in [0.5, 0.6) is 0 Å². The molecule has 2 heterocycles. The number of nitrogens with one attached hydrogen (secondary N) is 3. The third kappa shape index (κ3) is 6.07. The number of hydrogen-bond acceptors (Lipinski definition) is 5. The van der Waals surface area contributed by atoms with E-state index in [1.165, 1.54) is 0 Å². The van der Waals surface area contributed by atoms with Crippen molar-refractivity contribution in [3.8, 4) is 0 Å². The van der Waals surface area contributed by atoms with Gasteiger partial charge in [-0.25, -0.2) is 17.9 Å². The van der Waals surface area contributed by atoms with Gasteiger partial charge in [-0.3, -0.25) is 4.98 Å². The summed E-state index contributed by atoms with van der Waals surface area (Å²) in [5.41, 5.74) is 2.42. The van der Waals surface area contributed by atoms with Gasteiger partial charge in [-0.2, -0.15) is 0 Å². The number of piperidine rings is 1. The molecule has 1 aromatic heterocycles. The van der Waals surface area contributed by atoms with Crippen molar-refractivity contribution in [3.63, 3.8) is 0 Å². The molecule has 8 nitrogen and oxygen atoms in total. The Bertz CT molecular complexity index is 1530. The van der Waals surface area contributed by atoms with Gasteiger partial charge in [0, 0.05) is 30.2 Å². The number of likely N-dealkylation sites (tertiary alicyclic amines) is 1. The first-order chi connectivity index (χ1) is 17.9. The Morgan fingerprint density at radius 3 is 2.51 bits per heavy atom. The number of benzene rings is 3. The van der Waals surface area contributed by atoms with Crippen molar-refractivity contribution in [2.75, 3.05) is 31.5 Å². The molecule has 0 saturated carbocycles. The minimum absolute atomic E-state index is 0.104. The number of urea groups is 1. The second kappa shape index (κ2) is 10.8. The Morgan fingerprint density at radius 2 is 1.70 bits per heavy atom. The van der Waals surface area contributed by atoms with E-state index in [4.69, 9.17) is 0 Å². The van der Waals surface area contributed by atoms with Gasteiger partial charge in [0.2, 0.25) is 10.0 Å².